The zero-order valence-corrected chi connectivity index (χ0v) is 13.2. The van der Waals surface area contributed by atoms with Crippen LogP contribution in [0, 0.1) is 6.92 Å². The molecule has 2 aromatic rings. The lowest BCUT2D eigenvalue weighted by Gasteiger charge is -2.34. The van der Waals surface area contributed by atoms with E-state index in [-0.39, 0.29) is 16.8 Å². The van der Waals surface area contributed by atoms with Gasteiger partial charge < -0.3 is 20.9 Å². The summed E-state index contributed by atoms with van der Waals surface area (Å²) in [4.78, 5) is 25.2. The van der Waals surface area contributed by atoms with Crippen LogP contribution in [0.3, 0.4) is 0 Å². The number of ether oxygens (including phenoxy) is 1. The Balaban J connectivity index is 2.08. The van der Waals surface area contributed by atoms with Crippen molar-refractivity contribution in [2.45, 2.75) is 25.2 Å². The molecule has 1 heterocycles. The third-order valence-electron chi connectivity index (χ3n) is 4.70. The van der Waals surface area contributed by atoms with E-state index in [4.69, 9.17) is 10.5 Å². The summed E-state index contributed by atoms with van der Waals surface area (Å²) < 4.78 is 5.82. The fraction of sp³-hybridized carbons (Fsp3) is 0.222. The lowest BCUT2D eigenvalue weighted by Crippen LogP contribution is -2.59. The van der Waals surface area contributed by atoms with Crippen molar-refractivity contribution in [3.63, 3.8) is 0 Å². The standard InChI is InChI=1S/C18H16N2O4/c1-9-6-7-11-14(8-9)24-18(23)12-4-3-5-13(19)15(12)16(22)17(11,18)20-10(2)21/h3-8,23H,19H2,1-2H3,(H,20,21)/t17-,18-/m0/s1. The molecule has 1 aliphatic carbocycles. The largest absolute Gasteiger partial charge is 0.454 e. The summed E-state index contributed by atoms with van der Waals surface area (Å²) in [6.07, 6.45) is 0. The maximum atomic E-state index is 13.3. The smallest absolute Gasteiger partial charge is 0.271 e. The van der Waals surface area contributed by atoms with Crippen LogP contribution in [-0.4, -0.2) is 16.8 Å². The number of aryl methyl sites for hydroxylation is 1. The van der Waals surface area contributed by atoms with Gasteiger partial charge in [0.05, 0.1) is 5.56 Å². The van der Waals surface area contributed by atoms with Crippen LogP contribution in [0.15, 0.2) is 36.4 Å². The van der Waals surface area contributed by atoms with Gasteiger partial charge in [0.1, 0.15) is 5.75 Å². The van der Waals surface area contributed by atoms with Crippen LogP contribution in [0.5, 0.6) is 5.75 Å². The number of amides is 1. The van der Waals surface area contributed by atoms with Crippen LogP contribution in [0.1, 0.15) is 34.0 Å². The minimum atomic E-state index is -2.03. The van der Waals surface area contributed by atoms with Crippen LogP contribution in [-0.2, 0) is 16.1 Å². The highest BCUT2D eigenvalue weighted by Gasteiger charge is 2.71. The number of carbonyl (C=O) groups is 2. The first-order valence-electron chi connectivity index (χ1n) is 7.56. The minimum Gasteiger partial charge on any atom is -0.454 e. The fourth-order valence-electron chi connectivity index (χ4n) is 3.74. The van der Waals surface area contributed by atoms with E-state index in [1.807, 2.05) is 6.92 Å². The SMILES string of the molecule is CC(=O)N[C@@]12C(=O)c3c(N)cccc3[C@]1(O)Oc1cc(C)ccc12. The molecular weight excluding hydrogens is 308 g/mol. The Kier molecular flexibility index (Phi) is 2.67. The third-order valence-corrected chi connectivity index (χ3v) is 4.70. The van der Waals surface area contributed by atoms with Gasteiger partial charge in [-0.15, -0.1) is 0 Å². The summed E-state index contributed by atoms with van der Waals surface area (Å²) in [7, 11) is 0. The van der Waals surface area contributed by atoms with Crippen LogP contribution in [0.25, 0.3) is 0 Å². The molecule has 0 fully saturated rings. The number of benzene rings is 2. The van der Waals surface area contributed by atoms with Crippen molar-refractivity contribution in [3.8, 4) is 5.75 Å². The van der Waals surface area contributed by atoms with E-state index < -0.39 is 23.0 Å². The lowest BCUT2D eigenvalue weighted by molar-refractivity contribution is -0.175. The zero-order chi connectivity index (χ0) is 17.3. The molecule has 0 bridgehead atoms. The van der Waals surface area contributed by atoms with Crippen LogP contribution in [0.2, 0.25) is 0 Å². The maximum Gasteiger partial charge on any atom is 0.271 e. The Morgan fingerprint density at radius 2 is 2.00 bits per heavy atom. The Hall–Kier alpha value is -2.86. The molecule has 4 N–H and O–H groups in total. The molecule has 24 heavy (non-hydrogen) atoms. The van der Waals surface area contributed by atoms with E-state index in [1.54, 1.807) is 36.4 Å². The topological polar surface area (TPSA) is 102 Å². The van der Waals surface area contributed by atoms with Crippen molar-refractivity contribution < 1.29 is 19.4 Å². The first-order valence-corrected chi connectivity index (χ1v) is 7.56. The summed E-state index contributed by atoms with van der Waals surface area (Å²) in [5.74, 6) is -2.59. The Labute approximate surface area is 138 Å². The molecule has 2 aliphatic rings. The van der Waals surface area contributed by atoms with Crippen molar-refractivity contribution >= 4 is 17.4 Å². The number of hydrogen-bond donors (Lipinski definition) is 3. The molecule has 0 aromatic heterocycles. The van der Waals surface area contributed by atoms with E-state index >= 15 is 0 Å². The second kappa shape index (κ2) is 4.36. The molecular formula is C18H16N2O4. The monoisotopic (exact) mass is 324 g/mol. The van der Waals surface area contributed by atoms with Gasteiger partial charge in [-0.1, -0.05) is 24.3 Å². The molecule has 4 rings (SSSR count). The number of aliphatic hydroxyl groups is 1. The molecule has 0 radical (unpaired) electrons. The number of Topliss-reactive ketones (excluding diaryl/α,β-unsaturated/α-hetero) is 1. The van der Waals surface area contributed by atoms with Gasteiger partial charge in [0.25, 0.3) is 5.79 Å². The highest BCUT2D eigenvalue weighted by molar-refractivity contribution is 6.15. The number of ketones is 1. The van der Waals surface area contributed by atoms with Crippen molar-refractivity contribution in [3.05, 3.63) is 58.7 Å². The molecule has 0 saturated carbocycles. The number of carbonyl (C=O) groups excluding carboxylic acids is 2. The fourth-order valence-corrected chi connectivity index (χ4v) is 3.74. The van der Waals surface area contributed by atoms with Gasteiger partial charge >= 0.3 is 0 Å². The number of hydrogen-bond acceptors (Lipinski definition) is 5. The van der Waals surface area contributed by atoms with Gasteiger partial charge in [0.2, 0.25) is 17.2 Å². The number of nitrogens with one attached hydrogen (secondary N) is 1. The lowest BCUT2D eigenvalue weighted by atomic mass is 9.82. The summed E-state index contributed by atoms with van der Waals surface area (Å²) in [6.45, 7) is 3.17. The van der Waals surface area contributed by atoms with Gasteiger partial charge in [-0.25, -0.2) is 0 Å². The Bertz CT molecular complexity index is 923. The molecule has 1 aliphatic heterocycles. The molecule has 6 heteroatoms. The van der Waals surface area contributed by atoms with Crippen LogP contribution in [0.4, 0.5) is 5.69 Å². The minimum absolute atomic E-state index is 0.181. The van der Waals surface area contributed by atoms with Crippen molar-refractivity contribution in [1.29, 1.82) is 0 Å². The maximum absolute atomic E-state index is 13.3. The van der Waals surface area contributed by atoms with Gasteiger partial charge in [0, 0.05) is 23.7 Å². The van der Waals surface area contributed by atoms with Gasteiger partial charge in [-0.05, 0) is 24.6 Å². The Morgan fingerprint density at radius 3 is 2.71 bits per heavy atom. The van der Waals surface area contributed by atoms with E-state index in [1.165, 1.54) is 6.92 Å². The predicted molar refractivity (Wildman–Crippen MR) is 86.4 cm³/mol. The highest BCUT2D eigenvalue weighted by atomic mass is 16.6. The number of nitrogens with two attached hydrogens (primary N) is 1. The van der Waals surface area contributed by atoms with Crippen LogP contribution >= 0.6 is 0 Å². The van der Waals surface area contributed by atoms with Crippen LogP contribution < -0.4 is 15.8 Å². The normalized spacial score (nSPS) is 26.4. The third kappa shape index (κ3) is 1.48. The molecule has 0 saturated heterocycles. The van der Waals surface area contributed by atoms with E-state index in [9.17, 15) is 14.7 Å². The van der Waals surface area contributed by atoms with E-state index in [0.717, 1.165) is 5.56 Å². The van der Waals surface area contributed by atoms with Gasteiger partial charge in [0.15, 0.2) is 0 Å². The average molecular weight is 324 g/mol. The number of fused-ring (bicyclic) bond motifs is 5. The van der Waals surface area contributed by atoms with Crippen molar-refractivity contribution in [2.24, 2.45) is 0 Å². The second-order valence-corrected chi connectivity index (χ2v) is 6.28. The quantitative estimate of drug-likeness (QED) is 0.687. The van der Waals surface area contributed by atoms with Crippen molar-refractivity contribution in [1.82, 2.24) is 5.32 Å². The number of rotatable bonds is 1. The second-order valence-electron chi connectivity index (χ2n) is 6.28. The van der Waals surface area contributed by atoms with Crippen molar-refractivity contribution in [2.75, 3.05) is 5.73 Å². The average Bonchev–Trinajstić information content (AvgIpc) is 2.84. The first-order chi connectivity index (χ1) is 11.3. The van der Waals surface area contributed by atoms with E-state index in [0.29, 0.717) is 11.3 Å². The zero-order valence-electron chi connectivity index (χ0n) is 13.2. The summed E-state index contributed by atoms with van der Waals surface area (Å²) >= 11 is 0. The highest BCUT2D eigenvalue weighted by Crippen LogP contribution is 2.58. The Morgan fingerprint density at radius 1 is 1.25 bits per heavy atom. The predicted octanol–water partition coefficient (Wildman–Crippen LogP) is 1.34. The molecule has 0 spiro atoms. The molecule has 122 valence electrons. The molecule has 2 aromatic carbocycles. The molecule has 0 unspecified atom stereocenters. The molecule has 2 atom stereocenters. The van der Waals surface area contributed by atoms with Gasteiger partial charge in [-0.2, -0.15) is 0 Å². The summed E-state index contributed by atoms with van der Waals surface area (Å²) in [5.41, 5.74) is 6.23. The van der Waals surface area contributed by atoms with E-state index in [2.05, 4.69) is 5.32 Å². The molecule has 6 nitrogen and oxygen atoms in total. The summed E-state index contributed by atoms with van der Waals surface area (Å²) in [5, 5.41) is 14.0. The summed E-state index contributed by atoms with van der Waals surface area (Å²) in [6, 6.07) is 10.0. The number of nitrogen functional groups attached to an aromatic ring is 1. The number of anilines is 1. The molecule has 1 amide bonds. The van der Waals surface area contributed by atoms with Gasteiger partial charge in [-0.3, -0.25) is 9.59 Å². The first kappa shape index (κ1) is 14.7.